The van der Waals surface area contributed by atoms with Gasteiger partial charge in [-0.15, -0.1) is 0 Å². The van der Waals surface area contributed by atoms with E-state index in [2.05, 4.69) is 32.4 Å². The van der Waals surface area contributed by atoms with Gasteiger partial charge in [-0.1, -0.05) is 34.1 Å². The summed E-state index contributed by atoms with van der Waals surface area (Å²) in [6.45, 7) is 3.49. The molecule has 0 bridgehead atoms. The summed E-state index contributed by atoms with van der Waals surface area (Å²) in [5.74, 6) is 0.581. The molecule has 0 aliphatic carbocycles. The van der Waals surface area contributed by atoms with Gasteiger partial charge in [0.05, 0.1) is 16.9 Å². The Bertz CT molecular complexity index is 1020. The molecule has 1 amide bonds. The van der Waals surface area contributed by atoms with Gasteiger partial charge < -0.3 is 10.1 Å². The van der Waals surface area contributed by atoms with Gasteiger partial charge >= 0.3 is 0 Å². The van der Waals surface area contributed by atoms with Crippen molar-refractivity contribution in [1.82, 2.24) is 9.78 Å². The Morgan fingerprint density at radius 1 is 1.26 bits per heavy atom. The zero-order chi connectivity index (χ0) is 19.4. The van der Waals surface area contributed by atoms with Crippen LogP contribution in [0, 0.1) is 18.3 Å². The molecule has 0 fully saturated rings. The molecule has 0 saturated heterocycles. The van der Waals surface area contributed by atoms with Crippen molar-refractivity contribution in [1.29, 1.82) is 5.26 Å². The molecule has 0 aliphatic rings. The largest absolute Gasteiger partial charge is 0.480 e. The summed E-state index contributed by atoms with van der Waals surface area (Å²) in [6.07, 6.45) is -0.786. The number of halogens is 1. The molecule has 6 nitrogen and oxygen atoms in total. The molecule has 2 aromatic carbocycles. The summed E-state index contributed by atoms with van der Waals surface area (Å²) < 4.78 is 8.24. The average Bonchev–Trinajstić information content (AvgIpc) is 3.02. The van der Waals surface area contributed by atoms with Crippen molar-refractivity contribution >= 4 is 27.7 Å². The molecule has 0 radical (unpaired) electrons. The Morgan fingerprint density at radius 3 is 2.78 bits per heavy atom. The number of amides is 1. The molecule has 1 heterocycles. The normalized spacial score (nSPS) is 11.5. The minimum atomic E-state index is -0.786. The summed E-state index contributed by atoms with van der Waals surface area (Å²) in [5, 5.41) is 16.4. The number of aromatic nitrogens is 2. The lowest BCUT2D eigenvalue weighted by molar-refractivity contribution is -0.122. The number of anilines is 1. The van der Waals surface area contributed by atoms with Crippen LogP contribution in [0.15, 0.2) is 59.1 Å². The Morgan fingerprint density at radius 2 is 2.04 bits per heavy atom. The van der Waals surface area contributed by atoms with Crippen LogP contribution in [0.3, 0.4) is 0 Å². The fraction of sp³-hybridized carbons (Fsp3) is 0.150. The van der Waals surface area contributed by atoms with E-state index in [1.807, 2.05) is 31.2 Å². The number of nitrogens with one attached hydrogen (secondary N) is 1. The smallest absolute Gasteiger partial charge is 0.266 e. The van der Waals surface area contributed by atoms with Gasteiger partial charge in [-0.2, -0.15) is 10.4 Å². The lowest BCUT2D eigenvalue weighted by Crippen LogP contribution is -2.31. The Hall–Kier alpha value is -3.11. The predicted octanol–water partition coefficient (Wildman–Crippen LogP) is 4.22. The zero-order valence-corrected chi connectivity index (χ0v) is 16.4. The first-order chi connectivity index (χ1) is 13.0. The molecule has 0 spiro atoms. The van der Waals surface area contributed by atoms with Crippen LogP contribution in [0.1, 0.15) is 18.2 Å². The van der Waals surface area contributed by atoms with Crippen molar-refractivity contribution in [2.45, 2.75) is 20.0 Å². The summed E-state index contributed by atoms with van der Waals surface area (Å²) >= 11 is 3.44. The van der Waals surface area contributed by atoms with E-state index < -0.39 is 6.10 Å². The van der Waals surface area contributed by atoms with Crippen LogP contribution >= 0.6 is 15.9 Å². The number of aryl methyl sites for hydroxylation is 1. The molecule has 1 aromatic heterocycles. The van der Waals surface area contributed by atoms with E-state index in [1.165, 1.54) is 0 Å². The third kappa shape index (κ3) is 4.36. The van der Waals surface area contributed by atoms with Gasteiger partial charge in [0.1, 0.15) is 17.6 Å². The zero-order valence-electron chi connectivity index (χ0n) is 14.8. The van der Waals surface area contributed by atoms with Crippen LogP contribution in [0.4, 0.5) is 5.82 Å². The van der Waals surface area contributed by atoms with Crippen LogP contribution < -0.4 is 10.1 Å². The number of hydrogen-bond donors (Lipinski definition) is 1. The third-order valence-electron chi connectivity index (χ3n) is 3.82. The van der Waals surface area contributed by atoms with Crippen molar-refractivity contribution in [3.63, 3.8) is 0 Å². The molecule has 136 valence electrons. The summed E-state index contributed by atoms with van der Waals surface area (Å²) in [5.41, 5.74) is 1.97. The second-order valence-electron chi connectivity index (χ2n) is 5.92. The molecule has 27 heavy (non-hydrogen) atoms. The van der Waals surface area contributed by atoms with Crippen LogP contribution in [0.2, 0.25) is 0 Å². The van der Waals surface area contributed by atoms with Gasteiger partial charge in [-0.05, 0) is 44.2 Å². The highest BCUT2D eigenvalue weighted by Crippen LogP contribution is 2.22. The first-order valence-electron chi connectivity index (χ1n) is 8.27. The van der Waals surface area contributed by atoms with Crippen molar-refractivity contribution in [2.24, 2.45) is 0 Å². The topological polar surface area (TPSA) is 79.9 Å². The third-order valence-corrected chi connectivity index (χ3v) is 4.31. The highest BCUT2D eigenvalue weighted by atomic mass is 79.9. The lowest BCUT2D eigenvalue weighted by Gasteiger charge is -2.16. The lowest BCUT2D eigenvalue weighted by atomic mass is 10.2. The maximum atomic E-state index is 12.6. The van der Waals surface area contributed by atoms with Crippen LogP contribution in [-0.4, -0.2) is 21.8 Å². The van der Waals surface area contributed by atoms with E-state index in [1.54, 1.807) is 41.9 Å². The maximum Gasteiger partial charge on any atom is 0.266 e. The van der Waals surface area contributed by atoms with E-state index in [0.29, 0.717) is 17.1 Å². The van der Waals surface area contributed by atoms with Crippen molar-refractivity contribution in [2.75, 3.05) is 5.32 Å². The first-order valence-corrected chi connectivity index (χ1v) is 9.06. The minimum absolute atomic E-state index is 0.334. The van der Waals surface area contributed by atoms with Crippen LogP contribution in [-0.2, 0) is 4.79 Å². The highest BCUT2D eigenvalue weighted by molar-refractivity contribution is 9.10. The first kappa shape index (κ1) is 18.7. The highest BCUT2D eigenvalue weighted by Gasteiger charge is 2.19. The Kier molecular flexibility index (Phi) is 5.57. The average molecular weight is 425 g/mol. The maximum absolute atomic E-state index is 12.6. The second kappa shape index (κ2) is 8.06. The summed E-state index contributed by atoms with van der Waals surface area (Å²) in [6, 6.07) is 18.3. The number of hydrogen-bond acceptors (Lipinski definition) is 4. The quantitative estimate of drug-likeness (QED) is 0.664. The Balaban J connectivity index is 1.79. The summed E-state index contributed by atoms with van der Waals surface area (Å²) in [4.78, 5) is 12.6. The number of rotatable bonds is 5. The molecular formula is C20H17BrN4O2. The number of carbonyl (C=O) groups excluding carboxylic acids is 1. The van der Waals surface area contributed by atoms with E-state index in [0.717, 1.165) is 15.9 Å². The van der Waals surface area contributed by atoms with E-state index in [9.17, 15) is 4.79 Å². The number of nitriles is 1. The second-order valence-corrected chi connectivity index (χ2v) is 6.84. The van der Waals surface area contributed by atoms with Gasteiger partial charge in [-0.25, -0.2) is 4.68 Å². The monoisotopic (exact) mass is 424 g/mol. The molecule has 0 aliphatic heterocycles. The Labute approximate surface area is 165 Å². The number of ether oxygens (including phenoxy) is 1. The van der Waals surface area contributed by atoms with E-state index in [-0.39, 0.29) is 5.91 Å². The van der Waals surface area contributed by atoms with Crippen molar-refractivity contribution in [3.05, 3.63) is 70.3 Å². The van der Waals surface area contributed by atoms with Crippen LogP contribution in [0.25, 0.3) is 5.69 Å². The molecule has 3 rings (SSSR count). The number of para-hydroxylation sites is 1. The molecule has 1 atom stereocenters. The fourth-order valence-electron chi connectivity index (χ4n) is 2.53. The molecular weight excluding hydrogens is 408 g/mol. The summed E-state index contributed by atoms with van der Waals surface area (Å²) in [7, 11) is 0. The number of benzene rings is 2. The SMILES string of the molecule is Cc1cc(NC(=O)C(C)Oc2ccccc2C#N)n(-c2cccc(Br)c2)n1. The van der Waals surface area contributed by atoms with Gasteiger partial charge in [-0.3, -0.25) is 4.79 Å². The van der Waals surface area contributed by atoms with Gasteiger partial charge in [0, 0.05) is 10.5 Å². The molecule has 7 heteroatoms. The van der Waals surface area contributed by atoms with Crippen molar-refractivity contribution < 1.29 is 9.53 Å². The molecule has 3 aromatic rings. The fourth-order valence-corrected chi connectivity index (χ4v) is 2.91. The number of carbonyl (C=O) groups is 1. The van der Waals surface area contributed by atoms with Gasteiger partial charge in [0.25, 0.3) is 5.91 Å². The van der Waals surface area contributed by atoms with E-state index in [4.69, 9.17) is 10.00 Å². The van der Waals surface area contributed by atoms with E-state index >= 15 is 0 Å². The molecule has 0 saturated carbocycles. The predicted molar refractivity (Wildman–Crippen MR) is 106 cm³/mol. The molecule has 1 N–H and O–H groups in total. The number of nitrogens with zero attached hydrogens (tertiary/aromatic N) is 3. The minimum Gasteiger partial charge on any atom is -0.480 e. The van der Waals surface area contributed by atoms with Crippen LogP contribution in [0.5, 0.6) is 5.75 Å². The van der Waals surface area contributed by atoms with Gasteiger partial charge in [0.2, 0.25) is 0 Å². The van der Waals surface area contributed by atoms with Crippen molar-refractivity contribution in [3.8, 4) is 17.5 Å². The van der Waals surface area contributed by atoms with Gasteiger partial charge in [0.15, 0.2) is 6.10 Å². The molecule has 1 unspecified atom stereocenters. The standard InChI is InChI=1S/C20H17BrN4O2/c1-13-10-19(25(24-13)17-8-5-7-16(21)11-17)23-20(26)14(2)27-18-9-4-3-6-15(18)12-22/h3-11,14H,1-2H3,(H,23,26).